The molecule has 2 atom stereocenters. The zero-order valence-electron chi connectivity index (χ0n) is 15.1. The van der Waals surface area contributed by atoms with E-state index in [2.05, 4.69) is 0 Å². The summed E-state index contributed by atoms with van der Waals surface area (Å²) in [5.74, 6) is 0.00256. The summed E-state index contributed by atoms with van der Waals surface area (Å²) in [5.41, 5.74) is -0.545. The number of Topliss-reactive ketones (excluding diaryl/α,β-unsaturated/α-hetero) is 1. The lowest BCUT2D eigenvalue weighted by atomic mass is 10.0. The summed E-state index contributed by atoms with van der Waals surface area (Å²) >= 11 is 6.75. The molecule has 0 bridgehead atoms. The van der Waals surface area contributed by atoms with E-state index in [4.69, 9.17) is 17.0 Å². The SMILES string of the molecule is CC(=O)CC(CSC(C)=O)C(=S)N1CCC[C@H]1C(=O)OC(C)(C)C. The molecule has 24 heavy (non-hydrogen) atoms. The normalized spacial score (nSPS) is 19.0. The summed E-state index contributed by atoms with van der Waals surface area (Å²) in [5, 5.41) is -0.00327. The van der Waals surface area contributed by atoms with Gasteiger partial charge < -0.3 is 14.4 Å². The minimum atomic E-state index is -0.545. The number of carbonyl (C=O) groups excluding carboxylic acids is 3. The molecule has 7 heteroatoms. The van der Waals surface area contributed by atoms with Crippen LogP contribution in [-0.2, 0) is 19.1 Å². The first kappa shape index (κ1) is 21.1. The lowest BCUT2D eigenvalue weighted by Gasteiger charge is -2.32. The minimum absolute atomic E-state index is 0.00327. The smallest absolute Gasteiger partial charge is 0.329 e. The summed E-state index contributed by atoms with van der Waals surface area (Å²) in [6, 6.07) is -0.395. The van der Waals surface area contributed by atoms with Crippen LogP contribution in [-0.4, -0.2) is 50.7 Å². The average molecular weight is 374 g/mol. The second-order valence-corrected chi connectivity index (χ2v) is 8.74. The number of hydrogen-bond acceptors (Lipinski definition) is 6. The van der Waals surface area contributed by atoms with Gasteiger partial charge in [0.1, 0.15) is 17.4 Å². The van der Waals surface area contributed by atoms with E-state index in [-0.39, 0.29) is 29.2 Å². The van der Waals surface area contributed by atoms with Crippen LogP contribution in [0.5, 0.6) is 0 Å². The number of likely N-dealkylation sites (tertiary alicyclic amines) is 1. The Kier molecular flexibility index (Phi) is 7.86. The van der Waals surface area contributed by atoms with E-state index in [0.29, 0.717) is 23.7 Å². The lowest BCUT2D eigenvalue weighted by molar-refractivity contribution is -0.159. The molecule has 136 valence electrons. The summed E-state index contributed by atoms with van der Waals surface area (Å²) in [7, 11) is 0. The van der Waals surface area contributed by atoms with E-state index in [1.807, 2.05) is 25.7 Å². The van der Waals surface area contributed by atoms with Crippen molar-refractivity contribution < 1.29 is 19.1 Å². The molecule has 1 heterocycles. The highest BCUT2D eigenvalue weighted by Gasteiger charge is 2.37. The Morgan fingerprint density at radius 2 is 1.92 bits per heavy atom. The first-order valence-electron chi connectivity index (χ1n) is 8.17. The van der Waals surface area contributed by atoms with E-state index < -0.39 is 11.6 Å². The largest absolute Gasteiger partial charge is 0.458 e. The topological polar surface area (TPSA) is 63.7 Å². The van der Waals surface area contributed by atoms with Crippen LogP contribution in [0, 0.1) is 5.92 Å². The van der Waals surface area contributed by atoms with E-state index >= 15 is 0 Å². The van der Waals surface area contributed by atoms with Crippen molar-refractivity contribution >= 4 is 45.8 Å². The van der Waals surface area contributed by atoms with Gasteiger partial charge in [0.25, 0.3) is 0 Å². The van der Waals surface area contributed by atoms with Gasteiger partial charge >= 0.3 is 5.97 Å². The molecule has 5 nitrogen and oxygen atoms in total. The molecule has 1 saturated heterocycles. The average Bonchev–Trinajstić information content (AvgIpc) is 2.89. The molecular formula is C17H27NO4S2. The van der Waals surface area contributed by atoms with Crippen molar-refractivity contribution in [1.82, 2.24) is 4.90 Å². The molecular weight excluding hydrogens is 346 g/mol. The van der Waals surface area contributed by atoms with Gasteiger partial charge in [-0.2, -0.15) is 0 Å². The molecule has 0 aromatic rings. The summed E-state index contributed by atoms with van der Waals surface area (Å²) in [6.07, 6.45) is 1.84. The Morgan fingerprint density at radius 1 is 1.29 bits per heavy atom. The third-order valence-corrected chi connectivity index (χ3v) is 5.13. The molecule has 1 aliphatic rings. The monoisotopic (exact) mass is 373 g/mol. The predicted octanol–water partition coefficient (Wildman–Crippen LogP) is 2.99. The summed E-state index contributed by atoms with van der Waals surface area (Å²) in [6.45, 7) is 9.21. The first-order valence-corrected chi connectivity index (χ1v) is 9.57. The van der Waals surface area contributed by atoms with Crippen molar-refractivity contribution in [3.05, 3.63) is 0 Å². The molecule has 1 unspecified atom stereocenters. The highest BCUT2D eigenvalue weighted by Crippen LogP contribution is 2.26. The Hall–Kier alpha value is -0.950. The minimum Gasteiger partial charge on any atom is -0.458 e. The number of esters is 1. The molecule has 0 aromatic heterocycles. The van der Waals surface area contributed by atoms with Gasteiger partial charge in [-0.1, -0.05) is 24.0 Å². The van der Waals surface area contributed by atoms with Gasteiger partial charge in [0.15, 0.2) is 5.12 Å². The van der Waals surface area contributed by atoms with Crippen molar-refractivity contribution in [2.24, 2.45) is 5.92 Å². The van der Waals surface area contributed by atoms with Gasteiger partial charge in [-0.05, 0) is 40.5 Å². The second kappa shape index (κ2) is 8.94. The molecule has 0 N–H and O–H groups in total. The van der Waals surface area contributed by atoms with Crippen molar-refractivity contribution in [2.75, 3.05) is 12.3 Å². The maximum Gasteiger partial charge on any atom is 0.329 e. The number of thiocarbonyl (C=S) groups is 1. The van der Waals surface area contributed by atoms with Crippen LogP contribution in [0.25, 0.3) is 0 Å². The van der Waals surface area contributed by atoms with E-state index in [1.54, 1.807) is 0 Å². The standard InChI is InChI=1S/C17H27NO4S2/c1-11(19)9-13(10-24-12(2)20)15(23)18-8-6-7-14(18)16(21)22-17(3,4)5/h13-14H,6-10H2,1-5H3/t13?,14-/m0/s1. The zero-order valence-corrected chi connectivity index (χ0v) is 16.7. The van der Waals surface area contributed by atoms with Gasteiger partial charge in [-0.15, -0.1) is 0 Å². The number of hydrogen-bond donors (Lipinski definition) is 0. The van der Waals surface area contributed by atoms with Gasteiger partial charge in [0.05, 0.1) is 4.99 Å². The number of carbonyl (C=O) groups is 3. The first-order chi connectivity index (χ1) is 11.0. The van der Waals surface area contributed by atoms with E-state index in [1.165, 1.54) is 25.6 Å². The van der Waals surface area contributed by atoms with Crippen molar-refractivity contribution in [3.63, 3.8) is 0 Å². The van der Waals surface area contributed by atoms with Crippen LogP contribution in [0.15, 0.2) is 0 Å². The predicted molar refractivity (Wildman–Crippen MR) is 100 cm³/mol. The number of thioether (sulfide) groups is 1. The molecule has 0 aromatic carbocycles. The zero-order chi connectivity index (χ0) is 18.5. The third kappa shape index (κ3) is 6.89. The number of ketones is 1. The van der Waals surface area contributed by atoms with Gasteiger partial charge in [-0.3, -0.25) is 4.79 Å². The fourth-order valence-corrected chi connectivity index (χ4v) is 3.86. The quantitative estimate of drug-likeness (QED) is 0.524. The van der Waals surface area contributed by atoms with Crippen LogP contribution in [0.2, 0.25) is 0 Å². The second-order valence-electron chi connectivity index (χ2n) is 7.13. The molecule has 1 fully saturated rings. The van der Waals surface area contributed by atoms with Crippen molar-refractivity contribution in [1.29, 1.82) is 0 Å². The molecule has 0 radical (unpaired) electrons. The van der Waals surface area contributed by atoms with Crippen LogP contribution in [0.1, 0.15) is 53.9 Å². The van der Waals surface area contributed by atoms with Crippen molar-refractivity contribution in [2.45, 2.75) is 65.5 Å². The molecule has 0 aliphatic carbocycles. The molecule has 1 aliphatic heterocycles. The maximum atomic E-state index is 12.4. The molecule has 0 amide bonds. The Morgan fingerprint density at radius 3 is 2.42 bits per heavy atom. The Bertz CT molecular complexity index is 513. The lowest BCUT2D eigenvalue weighted by Crippen LogP contribution is -2.45. The van der Waals surface area contributed by atoms with Crippen LogP contribution in [0.4, 0.5) is 0 Å². The fraction of sp³-hybridized carbons (Fsp3) is 0.765. The van der Waals surface area contributed by atoms with Crippen molar-refractivity contribution in [3.8, 4) is 0 Å². The summed E-state index contributed by atoms with van der Waals surface area (Å²) in [4.78, 5) is 37.7. The highest BCUT2D eigenvalue weighted by molar-refractivity contribution is 8.13. The van der Waals surface area contributed by atoms with Gasteiger partial charge in [0, 0.05) is 31.6 Å². The maximum absolute atomic E-state index is 12.4. The molecule has 0 saturated carbocycles. The van der Waals surface area contributed by atoms with E-state index in [0.717, 1.165) is 6.42 Å². The fourth-order valence-electron chi connectivity index (χ4n) is 2.66. The number of rotatable bonds is 6. The third-order valence-electron chi connectivity index (χ3n) is 3.59. The van der Waals surface area contributed by atoms with Crippen LogP contribution >= 0.6 is 24.0 Å². The molecule has 0 spiro atoms. The summed E-state index contributed by atoms with van der Waals surface area (Å²) < 4.78 is 5.49. The molecule has 1 rings (SSSR count). The Labute approximate surface area is 153 Å². The highest BCUT2D eigenvalue weighted by atomic mass is 32.2. The van der Waals surface area contributed by atoms with E-state index in [9.17, 15) is 14.4 Å². The number of nitrogens with zero attached hydrogens (tertiary/aromatic N) is 1. The number of ether oxygens (including phenoxy) is 1. The van der Waals surface area contributed by atoms with Crippen LogP contribution < -0.4 is 0 Å². The van der Waals surface area contributed by atoms with Crippen LogP contribution in [0.3, 0.4) is 0 Å². The van der Waals surface area contributed by atoms with Gasteiger partial charge in [0.2, 0.25) is 0 Å². The Balaban J connectivity index is 2.84. The van der Waals surface area contributed by atoms with Gasteiger partial charge in [-0.25, -0.2) is 4.79 Å².